The number of H-pyrrole nitrogens is 2. The van der Waals surface area contributed by atoms with Gasteiger partial charge in [0.15, 0.2) is 0 Å². The third-order valence-electron chi connectivity index (χ3n) is 26.5. The zero-order valence-corrected chi connectivity index (χ0v) is 87.0. The van der Waals surface area contributed by atoms with Crippen molar-refractivity contribution in [3.63, 3.8) is 0 Å². The number of aromatic amines is 2. The van der Waals surface area contributed by atoms with Crippen molar-refractivity contribution in [3.05, 3.63) is 101 Å². The number of ether oxygens (including phenoxy) is 1. The minimum absolute atomic E-state index is 0.00366. The zero-order chi connectivity index (χ0) is 103. The molecule has 0 radical (unpaired) electrons. The number of carboxylic acid groups (broad SMARTS) is 2. The van der Waals surface area contributed by atoms with E-state index >= 15 is 33.6 Å². The quantitative estimate of drug-likeness (QED) is 0.0251. The van der Waals surface area contributed by atoms with E-state index in [9.17, 15) is 63.3 Å². The standard InChI is InChI=1S/C95H135ClN20O24S2.In/c1-7-57(6)84-92(137)97-23-36-141-52-62-11-10-12-63(100-62)53-142-54-75(90(135)110-95(21-34-140-35-22-95)94(139)108-71(38-56(4)5)89(134)109-84)107-86(131)70(37-55(2)3)104-85(130)69(17-18-79(120)121)103-91(136)76-42-64(117)46-116(76)93(138)74(40-59-45-99-68-16-15-60(96)41-66(59)68)106-87(132)72(39-58-44-98-67-14-9-8-13-65(58)67)105-88(133)73(43-80(122)123)102-78(119)48-111-24-19-61(20-25-111)101-77(118)47-112-26-28-113(49-81(124)125)30-32-115(51-83(128)129)33-31-114(29-27-112)50-82(126)127;/h8-16,41,44-45,55-57,61,64,69-76,84,98-99,117H,7,17-40,42-43,46-54H2,1-6H3,(H,97,137)(H,101,118)(H,102,119)(H,103,136)(H,104,130)(H,105,133)(H,106,132)(H,107,131)(H,108,139)(H,109,134)(H,110,135)(H,120,121)(H,122,123)(H,124,125)(H,126,127)(H,128,129);/q;+3/p-3/t57-,64+,69-,70+,71-,72-,73-,74-,75-,76-,84-;/m0./s1. The monoisotopic (exact) mass is 2150 g/mol. The van der Waals surface area contributed by atoms with E-state index in [4.69, 9.17) is 29.9 Å². The summed E-state index contributed by atoms with van der Waals surface area (Å²) >= 11 is 4.97. The van der Waals surface area contributed by atoms with Crippen LogP contribution in [0.1, 0.15) is 135 Å². The molecule has 12 rings (SSSR count). The Hall–Kier alpha value is -10.8. The number of likely N-dealkylation sites (tertiary alicyclic amines) is 2. The first kappa shape index (κ1) is 111. The number of aliphatic hydroxyl groups excluding tert-OH is 1. The second-order valence-electron chi connectivity index (χ2n) is 38.4. The van der Waals surface area contributed by atoms with Crippen LogP contribution < -0.4 is 58.5 Å². The maximum absolute atomic E-state index is 15.9. The number of amides is 12. The van der Waals surface area contributed by atoms with Crippen LogP contribution in [0.3, 0.4) is 0 Å². The van der Waals surface area contributed by atoms with Crippen molar-refractivity contribution in [2.75, 3.05) is 136 Å². The smallest absolute Gasteiger partial charge is 0.353 e. The molecule has 2 unspecified atom stereocenters. The number of fused-ring (bicyclic) bond motifs is 11. The van der Waals surface area contributed by atoms with E-state index in [1.54, 1.807) is 79.7 Å². The van der Waals surface area contributed by atoms with Gasteiger partial charge < -0.3 is 88.1 Å². The number of thioether (sulfide) groups is 2. The average Bonchev–Trinajstić information content (AvgIpc) is 1.78. The number of rotatable bonds is 32. The molecule has 0 saturated carbocycles. The van der Waals surface area contributed by atoms with Gasteiger partial charge in [0, 0.05) is 140 Å². The van der Waals surface area contributed by atoms with Gasteiger partial charge in [-0.3, -0.25) is 72.2 Å². The number of aliphatic hydroxyl groups is 1. The molecule has 5 aromatic rings. The average molecular weight is 2150 g/mol. The van der Waals surface area contributed by atoms with Gasteiger partial charge in [-0.15, -0.1) is 0 Å². The van der Waals surface area contributed by atoms with Crippen molar-refractivity contribution in [3.8, 4) is 0 Å². The van der Waals surface area contributed by atoms with Crippen LogP contribution in [0.2, 0.25) is 5.02 Å². The second kappa shape index (κ2) is 53.4. The number of hydrogen-bond donors (Lipinski definition) is 16. The summed E-state index contributed by atoms with van der Waals surface area (Å²) in [7, 11) is 0. The van der Waals surface area contributed by atoms with Crippen LogP contribution >= 0.6 is 35.1 Å². The summed E-state index contributed by atoms with van der Waals surface area (Å²) in [5.41, 5.74) is 1.68. The fraction of sp³-hybridized carbons (Fsp3) is 0.600. The Balaban J connectivity index is 0.739. The number of aromatic nitrogens is 3. The molecule has 1 spiro atoms. The molecule has 7 aliphatic rings. The maximum atomic E-state index is 15.9. The van der Waals surface area contributed by atoms with Crippen LogP contribution in [0.4, 0.5) is 0 Å². The number of hydrogen-bond acceptors (Lipinski definition) is 30. The summed E-state index contributed by atoms with van der Waals surface area (Å²) in [6, 6.07) is 3.29. The number of β-amino-alcohol motifs (C(OH)–C–C–N with tert-alkyl or cyclic N) is 1. The third-order valence-corrected chi connectivity index (χ3v) is 32.7. The fourth-order valence-corrected chi connectivity index (χ4v) is 23.2. The third kappa shape index (κ3) is 33.1. The molecular weight excluding hydrogens is 2020 g/mol. The Morgan fingerprint density at radius 3 is 1.81 bits per heavy atom. The van der Waals surface area contributed by atoms with E-state index in [1.807, 2.05) is 59.4 Å². The van der Waals surface area contributed by atoms with E-state index in [-0.39, 0.29) is 150 Å². The summed E-state index contributed by atoms with van der Waals surface area (Å²) in [6.07, 6.45) is -0.543. The first-order chi connectivity index (χ1) is 68.4. The van der Waals surface area contributed by atoms with E-state index in [2.05, 4.69) is 68.5 Å². The van der Waals surface area contributed by atoms with Crippen LogP contribution in [-0.4, -0.2) is 391 Å². The number of aliphatic carboxylic acids is 2. The predicted octanol–water partition coefficient (Wildman–Crippen LogP) is -0.794. The number of halogens is 1. The summed E-state index contributed by atoms with van der Waals surface area (Å²) < 4.78 is 22.2. The molecule has 7 aliphatic heterocycles. The molecule has 778 valence electrons. The normalized spacial score (nSPS) is 23.3. The van der Waals surface area contributed by atoms with Gasteiger partial charge in [-0.05, 0) is 84.5 Å². The zero-order valence-electron chi connectivity index (χ0n) is 81.3. The molecular formula is C95H132ClInN20O24S2. The molecule has 10 heterocycles. The summed E-state index contributed by atoms with van der Waals surface area (Å²) in [5.74, 6) is -14.5. The molecule has 2 aromatic carbocycles. The van der Waals surface area contributed by atoms with Gasteiger partial charge in [-0.1, -0.05) is 83.8 Å². The molecule has 6 bridgehead atoms. The molecule has 16 N–H and O–H groups in total. The van der Waals surface area contributed by atoms with Crippen LogP contribution in [-0.2, 0) is 119 Å². The van der Waals surface area contributed by atoms with Crippen molar-refractivity contribution >= 4 is 180 Å². The van der Waals surface area contributed by atoms with Crippen LogP contribution in [0.5, 0.6) is 0 Å². The van der Waals surface area contributed by atoms with Gasteiger partial charge >= 0.3 is 209 Å². The van der Waals surface area contributed by atoms with E-state index in [0.29, 0.717) is 122 Å². The first-order valence-electron chi connectivity index (χ1n) is 48.8. The van der Waals surface area contributed by atoms with Gasteiger partial charge in [0.1, 0.15) is 59.9 Å². The number of benzene rings is 2. The van der Waals surface area contributed by atoms with E-state index in [0.717, 1.165) is 10.6 Å². The first-order valence-corrected chi connectivity index (χ1v) is 55.5. The molecule has 12 amide bonds. The molecule has 6 saturated heterocycles. The number of para-hydroxylation sites is 1. The van der Waals surface area contributed by atoms with Crippen LogP contribution in [0.15, 0.2) is 73.1 Å². The molecule has 3 aromatic heterocycles. The SMILES string of the molecule is CC[C@H](C)[C@@H]1NC(=O)[C@H](CC(C)C)NC(=O)C2(CCOCC2)NC(=O)[C@@H](NC(=O)[C@@H](CC(C)C)NC(=O)[C@H](CCC(=O)O)NC(=O)[C@@H]2C[C@@H](O)CN2C(=O)[C@H](Cc2c[nH]c3ccc(Cl)cc23)NC(=O)[C@H](Cc2c[nH]c3ccccc23)NC(=O)[C@H](CC(=O)O)NC(=O)CN2CCC(NC(=O)CN3CCN4CCN5CCN(CC3)CC(=O)[O][In]([O]C(=O)C4)[O]C(=O)C5)CC2)CSCc2cccc(n2)CSCCNC1=O. The minimum atomic E-state index is -4.36. The van der Waals surface area contributed by atoms with Gasteiger partial charge in [0.05, 0.1) is 30.5 Å². The number of nitrogens with one attached hydrogen (secondary N) is 13. The second-order valence-corrected chi connectivity index (χ2v) is 44.7. The Morgan fingerprint density at radius 1 is 0.601 bits per heavy atom. The molecule has 143 heavy (non-hydrogen) atoms. The fourth-order valence-electron chi connectivity index (χ4n) is 18.5. The number of piperidine rings is 1. The molecule has 44 nitrogen and oxygen atoms in total. The number of carboxylic acids is 2. The Morgan fingerprint density at radius 2 is 1.18 bits per heavy atom. The van der Waals surface area contributed by atoms with Crippen LogP contribution in [0.25, 0.3) is 21.8 Å². The molecule has 48 heteroatoms. The van der Waals surface area contributed by atoms with Gasteiger partial charge in [-0.25, -0.2) is 0 Å². The van der Waals surface area contributed by atoms with Crippen molar-refractivity contribution < 1.29 is 110 Å². The van der Waals surface area contributed by atoms with Crippen molar-refractivity contribution in [1.82, 2.24) is 103 Å². The summed E-state index contributed by atoms with van der Waals surface area (Å²) in [6.45, 7) is 13.5. The van der Waals surface area contributed by atoms with Crippen molar-refractivity contribution in [1.29, 1.82) is 0 Å². The van der Waals surface area contributed by atoms with E-state index in [1.165, 1.54) is 23.5 Å². The van der Waals surface area contributed by atoms with Gasteiger partial charge in [0.2, 0.25) is 65.0 Å². The number of nitrogens with zero attached hydrogens (tertiary/aromatic N) is 7. The summed E-state index contributed by atoms with van der Waals surface area (Å²) in [5, 5.41) is 64.5. The Kier molecular flexibility index (Phi) is 41.4. The molecule has 13 atom stereocenters. The minimum Gasteiger partial charge on any atom is -0.353 e. The number of carbonyl (C=O) groups is 17. The van der Waals surface area contributed by atoms with Crippen LogP contribution in [0, 0.1) is 17.8 Å². The van der Waals surface area contributed by atoms with Gasteiger partial charge in [-0.2, -0.15) is 23.5 Å². The summed E-state index contributed by atoms with van der Waals surface area (Å²) in [4.78, 5) is 265. The Bertz CT molecular complexity index is 5340. The Labute approximate surface area is 850 Å². The van der Waals surface area contributed by atoms with Gasteiger partial charge in [0.25, 0.3) is 0 Å². The molecule has 0 aliphatic carbocycles. The topological polar surface area (TPSA) is 584 Å². The van der Waals surface area contributed by atoms with Crippen molar-refractivity contribution in [2.45, 2.75) is 209 Å². The van der Waals surface area contributed by atoms with E-state index < -0.39 is 216 Å². The predicted molar refractivity (Wildman–Crippen MR) is 526 cm³/mol. The number of carbonyl (C=O) groups excluding carboxylic acids is 15. The van der Waals surface area contributed by atoms with Crippen molar-refractivity contribution in [2.24, 2.45) is 17.8 Å². The number of pyridine rings is 1. The molecule has 6 fully saturated rings.